The summed E-state index contributed by atoms with van der Waals surface area (Å²) in [6.45, 7) is 2.12. The fourth-order valence-electron chi connectivity index (χ4n) is 1.95. The van der Waals surface area contributed by atoms with E-state index in [0.717, 1.165) is 22.6 Å². The van der Waals surface area contributed by atoms with Crippen LogP contribution in [-0.2, 0) is 6.42 Å². The molecule has 0 bridgehead atoms. The van der Waals surface area contributed by atoms with Crippen molar-refractivity contribution in [1.82, 2.24) is 0 Å². The van der Waals surface area contributed by atoms with Gasteiger partial charge in [0.2, 0.25) is 0 Å². The normalized spacial score (nSPS) is 12.1. The van der Waals surface area contributed by atoms with E-state index in [2.05, 4.69) is 31.2 Å². The minimum atomic E-state index is -0.393. The number of aryl methyl sites for hydroxylation is 1. The van der Waals surface area contributed by atoms with Gasteiger partial charge in [0.25, 0.3) is 5.69 Å². The first-order valence-corrected chi connectivity index (χ1v) is 7.80. The monoisotopic (exact) mass is 302 g/mol. The molecule has 0 radical (unpaired) electrons. The molecule has 4 nitrogen and oxygen atoms in total. The Morgan fingerprint density at radius 3 is 2.29 bits per heavy atom. The Balaban J connectivity index is 1.93. The molecule has 2 aromatic rings. The second-order valence-electron chi connectivity index (χ2n) is 4.76. The third-order valence-electron chi connectivity index (χ3n) is 3.29. The number of nitro groups is 1. The summed E-state index contributed by atoms with van der Waals surface area (Å²) < 4.78 is 0. The van der Waals surface area contributed by atoms with E-state index in [0.29, 0.717) is 0 Å². The van der Waals surface area contributed by atoms with Crippen LogP contribution in [0.3, 0.4) is 0 Å². The standard InChI is InChI=1S/C16H18N2O2S/c1-2-12-3-5-13(6-4-12)16(17)11-21-15-9-7-14(8-10-15)18(19)20/h3-10,16H,2,11,17H2,1H3. The highest BCUT2D eigenvalue weighted by molar-refractivity contribution is 7.99. The van der Waals surface area contributed by atoms with Gasteiger partial charge in [0.05, 0.1) is 4.92 Å². The fraction of sp³-hybridized carbons (Fsp3) is 0.250. The lowest BCUT2D eigenvalue weighted by atomic mass is 10.1. The summed E-state index contributed by atoms with van der Waals surface area (Å²) in [5, 5.41) is 10.6. The number of nitro benzene ring substituents is 1. The molecule has 5 heteroatoms. The Bertz CT molecular complexity index is 597. The number of hydrogen-bond donors (Lipinski definition) is 1. The van der Waals surface area contributed by atoms with Crippen LogP contribution in [-0.4, -0.2) is 10.7 Å². The summed E-state index contributed by atoms with van der Waals surface area (Å²) in [5.41, 5.74) is 8.71. The molecule has 1 atom stereocenters. The number of benzene rings is 2. The summed E-state index contributed by atoms with van der Waals surface area (Å²) in [5.74, 6) is 0.739. The highest BCUT2D eigenvalue weighted by atomic mass is 32.2. The molecule has 2 aromatic carbocycles. The Hall–Kier alpha value is -1.85. The molecule has 0 aliphatic carbocycles. The molecular weight excluding hydrogens is 284 g/mol. The zero-order chi connectivity index (χ0) is 15.2. The van der Waals surface area contributed by atoms with Crippen molar-refractivity contribution in [3.8, 4) is 0 Å². The molecular formula is C16H18N2O2S. The maximum Gasteiger partial charge on any atom is 0.269 e. The molecule has 2 rings (SSSR count). The predicted octanol–water partition coefficient (Wildman–Crippen LogP) is 3.95. The first-order chi connectivity index (χ1) is 10.1. The van der Waals surface area contributed by atoms with E-state index in [1.54, 1.807) is 23.9 Å². The average molecular weight is 302 g/mol. The van der Waals surface area contributed by atoms with Crippen LogP contribution in [0.1, 0.15) is 24.1 Å². The Kier molecular flexibility index (Phi) is 5.36. The summed E-state index contributed by atoms with van der Waals surface area (Å²) >= 11 is 1.61. The van der Waals surface area contributed by atoms with Crippen LogP contribution < -0.4 is 5.73 Å². The van der Waals surface area contributed by atoms with Crippen molar-refractivity contribution in [2.24, 2.45) is 5.73 Å². The molecule has 0 amide bonds. The molecule has 110 valence electrons. The third kappa shape index (κ3) is 4.31. The van der Waals surface area contributed by atoms with Gasteiger partial charge in [0.1, 0.15) is 0 Å². The van der Waals surface area contributed by atoms with Crippen LogP contribution in [0.15, 0.2) is 53.4 Å². The topological polar surface area (TPSA) is 69.2 Å². The number of nitrogens with two attached hydrogens (primary N) is 1. The fourth-order valence-corrected chi connectivity index (χ4v) is 2.84. The second kappa shape index (κ2) is 7.24. The van der Waals surface area contributed by atoms with Gasteiger partial charge in [-0.15, -0.1) is 11.8 Å². The molecule has 0 heterocycles. The van der Waals surface area contributed by atoms with Gasteiger partial charge in [-0.3, -0.25) is 10.1 Å². The van der Waals surface area contributed by atoms with Crippen LogP contribution in [0.4, 0.5) is 5.69 Å². The van der Waals surface area contributed by atoms with E-state index in [-0.39, 0.29) is 11.7 Å². The zero-order valence-corrected chi connectivity index (χ0v) is 12.7. The van der Waals surface area contributed by atoms with Gasteiger partial charge in [-0.2, -0.15) is 0 Å². The third-order valence-corrected chi connectivity index (χ3v) is 4.42. The van der Waals surface area contributed by atoms with Crippen LogP contribution in [0.5, 0.6) is 0 Å². The minimum Gasteiger partial charge on any atom is -0.323 e. The van der Waals surface area contributed by atoms with E-state index in [1.807, 2.05) is 0 Å². The van der Waals surface area contributed by atoms with Crippen molar-refractivity contribution < 1.29 is 4.92 Å². The number of rotatable bonds is 6. The first kappa shape index (κ1) is 15.5. The molecule has 0 spiro atoms. The summed E-state index contributed by atoms with van der Waals surface area (Å²) in [6, 6.07) is 14.9. The maximum atomic E-state index is 10.6. The van der Waals surface area contributed by atoms with E-state index < -0.39 is 4.92 Å². The van der Waals surface area contributed by atoms with Crippen molar-refractivity contribution in [2.75, 3.05) is 5.75 Å². The number of hydrogen-bond acceptors (Lipinski definition) is 4. The van der Waals surface area contributed by atoms with Crippen LogP contribution in [0.25, 0.3) is 0 Å². The van der Waals surface area contributed by atoms with Gasteiger partial charge in [-0.05, 0) is 29.7 Å². The van der Waals surface area contributed by atoms with Crippen molar-refractivity contribution in [3.63, 3.8) is 0 Å². The Morgan fingerprint density at radius 2 is 1.76 bits per heavy atom. The number of non-ortho nitro benzene ring substituents is 1. The largest absolute Gasteiger partial charge is 0.323 e. The van der Waals surface area contributed by atoms with Gasteiger partial charge in [0, 0.05) is 28.8 Å². The molecule has 0 fully saturated rings. The van der Waals surface area contributed by atoms with Crippen molar-refractivity contribution in [2.45, 2.75) is 24.3 Å². The highest BCUT2D eigenvalue weighted by Gasteiger charge is 2.08. The smallest absolute Gasteiger partial charge is 0.269 e. The maximum absolute atomic E-state index is 10.6. The van der Waals surface area contributed by atoms with Crippen molar-refractivity contribution in [3.05, 3.63) is 69.8 Å². The molecule has 0 aliphatic rings. The molecule has 1 unspecified atom stereocenters. The van der Waals surface area contributed by atoms with Crippen LogP contribution >= 0.6 is 11.8 Å². The summed E-state index contributed by atoms with van der Waals surface area (Å²) in [4.78, 5) is 11.2. The summed E-state index contributed by atoms with van der Waals surface area (Å²) in [7, 11) is 0. The lowest BCUT2D eigenvalue weighted by Crippen LogP contribution is -2.12. The molecule has 0 aromatic heterocycles. The lowest BCUT2D eigenvalue weighted by molar-refractivity contribution is -0.384. The molecule has 0 aliphatic heterocycles. The van der Waals surface area contributed by atoms with Crippen LogP contribution in [0.2, 0.25) is 0 Å². The Morgan fingerprint density at radius 1 is 1.14 bits per heavy atom. The van der Waals surface area contributed by atoms with Crippen LogP contribution in [0, 0.1) is 10.1 Å². The van der Waals surface area contributed by atoms with Crippen molar-refractivity contribution >= 4 is 17.4 Å². The minimum absolute atomic E-state index is 0.0453. The zero-order valence-electron chi connectivity index (χ0n) is 11.9. The van der Waals surface area contributed by atoms with Gasteiger partial charge >= 0.3 is 0 Å². The summed E-state index contributed by atoms with van der Waals surface area (Å²) in [6.07, 6.45) is 1.02. The SMILES string of the molecule is CCc1ccc(C(N)CSc2ccc([N+](=O)[O-])cc2)cc1. The van der Waals surface area contributed by atoms with E-state index >= 15 is 0 Å². The van der Waals surface area contributed by atoms with E-state index in [9.17, 15) is 10.1 Å². The first-order valence-electron chi connectivity index (χ1n) is 6.82. The van der Waals surface area contributed by atoms with Gasteiger partial charge in [-0.25, -0.2) is 0 Å². The molecule has 21 heavy (non-hydrogen) atoms. The van der Waals surface area contributed by atoms with Gasteiger partial charge in [0.15, 0.2) is 0 Å². The number of thioether (sulfide) groups is 1. The second-order valence-corrected chi connectivity index (χ2v) is 5.86. The highest BCUT2D eigenvalue weighted by Crippen LogP contribution is 2.25. The Labute approximate surface area is 128 Å². The molecule has 2 N–H and O–H groups in total. The molecule has 0 saturated carbocycles. The van der Waals surface area contributed by atoms with Gasteiger partial charge < -0.3 is 5.73 Å². The van der Waals surface area contributed by atoms with E-state index in [1.165, 1.54) is 17.7 Å². The predicted molar refractivity (Wildman–Crippen MR) is 86.6 cm³/mol. The molecule has 0 saturated heterocycles. The van der Waals surface area contributed by atoms with Crippen molar-refractivity contribution in [1.29, 1.82) is 0 Å². The lowest BCUT2D eigenvalue weighted by Gasteiger charge is -2.12. The van der Waals surface area contributed by atoms with Gasteiger partial charge in [-0.1, -0.05) is 31.2 Å². The van der Waals surface area contributed by atoms with E-state index in [4.69, 9.17) is 5.73 Å². The quantitative estimate of drug-likeness (QED) is 0.498. The number of nitrogens with zero attached hydrogens (tertiary/aromatic N) is 1. The average Bonchev–Trinajstić information content (AvgIpc) is 2.53.